The SMILES string of the molecule is C#CCO[C@H]1[C@H](n2cc(C)c(=O)[nH]c2=O)O[C@H](COC(c2ccccc2)(c2ccc(OC)cc2)c2ccc(OC)cc2)[C@]1(CO)[N+](=O)[O-]. The van der Waals surface area contributed by atoms with Crippen molar-refractivity contribution in [1.29, 1.82) is 0 Å². The molecule has 1 saturated heterocycles. The van der Waals surface area contributed by atoms with E-state index in [0.29, 0.717) is 28.2 Å². The molecule has 13 heteroatoms. The second-order valence-corrected chi connectivity index (χ2v) is 11.2. The van der Waals surface area contributed by atoms with Crippen LogP contribution in [0.1, 0.15) is 28.5 Å². The maximum absolute atomic E-state index is 13.0. The number of terminal acetylenes is 1. The van der Waals surface area contributed by atoms with Crippen LogP contribution in [-0.2, 0) is 19.8 Å². The normalized spacial score (nSPS) is 20.6. The molecule has 0 saturated carbocycles. The Morgan fingerprint density at radius 3 is 2.06 bits per heavy atom. The molecule has 0 amide bonds. The molecule has 2 heterocycles. The number of hydrogen-bond acceptors (Lipinski definition) is 10. The Morgan fingerprint density at radius 1 is 1.00 bits per heavy atom. The fourth-order valence-corrected chi connectivity index (χ4v) is 6.07. The number of nitro groups is 1. The zero-order chi connectivity index (χ0) is 34.5. The highest BCUT2D eigenvalue weighted by atomic mass is 16.7. The Kier molecular flexibility index (Phi) is 10.1. The third-order valence-corrected chi connectivity index (χ3v) is 8.60. The molecular formula is C35H35N3O10. The van der Waals surface area contributed by atoms with Crippen LogP contribution >= 0.6 is 0 Å². The number of methoxy groups -OCH3 is 2. The minimum atomic E-state index is -2.35. The first-order valence-electron chi connectivity index (χ1n) is 14.9. The van der Waals surface area contributed by atoms with Gasteiger partial charge in [-0.1, -0.05) is 60.5 Å². The molecule has 0 radical (unpaired) electrons. The Labute approximate surface area is 275 Å². The predicted molar refractivity (Wildman–Crippen MR) is 174 cm³/mol. The highest BCUT2D eigenvalue weighted by molar-refractivity contribution is 5.49. The molecule has 5 rings (SSSR count). The van der Waals surface area contributed by atoms with E-state index in [9.17, 15) is 24.8 Å². The summed E-state index contributed by atoms with van der Waals surface area (Å²) in [5.41, 5.74) is -3.15. The van der Waals surface area contributed by atoms with E-state index in [4.69, 9.17) is 30.1 Å². The Balaban J connectivity index is 1.69. The van der Waals surface area contributed by atoms with Crippen LogP contribution < -0.4 is 20.7 Å². The molecule has 2 N–H and O–H groups in total. The number of ether oxygens (including phenoxy) is 5. The van der Waals surface area contributed by atoms with Crippen molar-refractivity contribution in [2.75, 3.05) is 34.0 Å². The number of aromatic amines is 1. The summed E-state index contributed by atoms with van der Waals surface area (Å²) in [6, 6.07) is 23.6. The molecule has 1 aromatic heterocycles. The summed E-state index contributed by atoms with van der Waals surface area (Å²) in [5.74, 6) is 3.47. The van der Waals surface area contributed by atoms with Crippen LogP contribution in [-0.4, -0.2) is 71.4 Å². The van der Waals surface area contributed by atoms with Gasteiger partial charge in [0, 0.05) is 16.7 Å². The lowest BCUT2D eigenvalue weighted by Crippen LogP contribution is -2.60. The van der Waals surface area contributed by atoms with Gasteiger partial charge in [0.25, 0.3) is 5.56 Å². The molecule has 0 aliphatic carbocycles. The number of H-pyrrole nitrogens is 1. The quantitative estimate of drug-likeness (QED) is 0.0946. The summed E-state index contributed by atoms with van der Waals surface area (Å²) in [5, 5.41) is 23.8. The van der Waals surface area contributed by atoms with E-state index in [0.717, 1.165) is 4.57 Å². The van der Waals surface area contributed by atoms with Crippen molar-refractivity contribution in [3.8, 4) is 23.8 Å². The standard InChI is InChI=1S/C35H35N3O10/c1-5-19-46-30-32(37-20-23(2)31(40)36-33(37)41)48-29(34(30,22-39)38(42)43)21-47-35(24-9-7-6-8-10-24,25-11-15-27(44-3)16-12-25)26-13-17-28(45-4)18-14-26/h1,6-18,20,29-30,32,39H,19,21-22H2,2-4H3,(H,36,40,41)/t29-,30+,32-,34+/m1/s1. The molecule has 4 atom stereocenters. The van der Waals surface area contributed by atoms with Crippen LogP contribution in [0.4, 0.5) is 0 Å². The van der Waals surface area contributed by atoms with Gasteiger partial charge in [0.05, 0.1) is 20.8 Å². The molecule has 48 heavy (non-hydrogen) atoms. The molecular weight excluding hydrogens is 622 g/mol. The second-order valence-electron chi connectivity index (χ2n) is 11.2. The molecule has 4 aromatic rings. The molecule has 0 unspecified atom stereocenters. The van der Waals surface area contributed by atoms with Crippen LogP contribution in [0.3, 0.4) is 0 Å². The van der Waals surface area contributed by atoms with Crippen molar-refractivity contribution in [2.24, 2.45) is 0 Å². The van der Waals surface area contributed by atoms with Crippen LogP contribution in [0.25, 0.3) is 0 Å². The minimum absolute atomic E-state index is 0.145. The van der Waals surface area contributed by atoms with Gasteiger partial charge in [-0.2, -0.15) is 0 Å². The zero-order valence-electron chi connectivity index (χ0n) is 26.5. The number of aliphatic hydroxyl groups excluding tert-OH is 1. The number of rotatable bonds is 13. The molecule has 0 spiro atoms. The topological polar surface area (TPSA) is 164 Å². The van der Waals surface area contributed by atoms with Crippen LogP contribution in [0, 0.1) is 29.4 Å². The van der Waals surface area contributed by atoms with Crippen LogP contribution in [0.15, 0.2) is 94.6 Å². The predicted octanol–water partition coefficient (Wildman–Crippen LogP) is 2.79. The fourth-order valence-electron chi connectivity index (χ4n) is 6.07. The fraction of sp³-hybridized carbons (Fsp3) is 0.314. The second kappa shape index (κ2) is 14.2. The number of nitrogens with zero attached hydrogens (tertiary/aromatic N) is 2. The molecule has 1 fully saturated rings. The maximum Gasteiger partial charge on any atom is 0.330 e. The highest BCUT2D eigenvalue weighted by Gasteiger charge is 2.68. The van der Waals surface area contributed by atoms with Gasteiger partial charge in [-0.15, -0.1) is 6.42 Å². The van der Waals surface area contributed by atoms with Crippen molar-refractivity contribution < 1.29 is 33.7 Å². The van der Waals surface area contributed by atoms with Gasteiger partial charge < -0.3 is 28.8 Å². The van der Waals surface area contributed by atoms with Gasteiger partial charge in [-0.25, -0.2) is 4.79 Å². The third-order valence-electron chi connectivity index (χ3n) is 8.60. The average molecular weight is 658 g/mol. The highest BCUT2D eigenvalue weighted by Crippen LogP contribution is 2.45. The summed E-state index contributed by atoms with van der Waals surface area (Å²) in [7, 11) is 3.10. The van der Waals surface area contributed by atoms with Crippen molar-refractivity contribution in [3.05, 3.63) is 138 Å². The van der Waals surface area contributed by atoms with E-state index in [1.54, 1.807) is 38.5 Å². The Bertz CT molecular complexity index is 1840. The smallest absolute Gasteiger partial charge is 0.330 e. The van der Waals surface area contributed by atoms with E-state index in [1.165, 1.54) is 13.1 Å². The number of aromatic nitrogens is 2. The zero-order valence-corrected chi connectivity index (χ0v) is 26.5. The van der Waals surface area contributed by atoms with Gasteiger partial charge >= 0.3 is 11.2 Å². The monoisotopic (exact) mass is 657 g/mol. The largest absolute Gasteiger partial charge is 0.497 e. The van der Waals surface area contributed by atoms with E-state index < -0.39 is 65.6 Å². The summed E-state index contributed by atoms with van der Waals surface area (Å²) in [4.78, 5) is 39.6. The van der Waals surface area contributed by atoms with Crippen molar-refractivity contribution >= 4 is 0 Å². The molecule has 13 nitrogen and oxygen atoms in total. The molecule has 0 bridgehead atoms. The lowest BCUT2D eigenvalue weighted by Gasteiger charge is -2.37. The van der Waals surface area contributed by atoms with Crippen molar-refractivity contribution in [2.45, 2.75) is 36.5 Å². The Hall–Kier alpha value is -5.26. The molecule has 250 valence electrons. The van der Waals surface area contributed by atoms with E-state index in [-0.39, 0.29) is 5.56 Å². The average Bonchev–Trinajstić information content (AvgIpc) is 3.43. The lowest BCUT2D eigenvalue weighted by molar-refractivity contribution is -0.590. The molecule has 3 aromatic carbocycles. The third kappa shape index (κ3) is 5.98. The number of aryl methyl sites for hydroxylation is 1. The molecule has 1 aliphatic heterocycles. The maximum atomic E-state index is 13.0. The number of hydrogen-bond donors (Lipinski definition) is 2. The summed E-state index contributed by atoms with van der Waals surface area (Å²) < 4.78 is 30.7. The van der Waals surface area contributed by atoms with Gasteiger partial charge in [0.1, 0.15) is 30.3 Å². The number of benzene rings is 3. The first-order valence-corrected chi connectivity index (χ1v) is 14.9. The van der Waals surface area contributed by atoms with Gasteiger partial charge in [-0.3, -0.25) is 24.5 Å². The first kappa shape index (κ1) is 34.1. The number of nitrogens with one attached hydrogen (secondary N) is 1. The molecule has 1 aliphatic rings. The number of aliphatic hydroxyl groups is 1. The minimum Gasteiger partial charge on any atom is -0.497 e. The van der Waals surface area contributed by atoms with Crippen molar-refractivity contribution in [3.63, 3.8) is 0 Å². The van der Waals surface area contributed by atoms with Gasteiger partial charge in [0.15, 0.2) is 18.4 Å². The lowest BCUT2D eigenvalue weighted by atomic mass is 9.79. The van der Waals surface area contributed by atoms with E-state index >= 15 is 0 Å². The van der Waals surface area contributed by atoms with E-state index in [1.807, 2.05) is 54.6 Å². The van der Waals surface area contributed by atoms with Crippen LogP contribution in [0.5, 0.6) is 11.5 Å². The summed E-state index contributed by atoms with van der Waals surface area (Å²) >= 11 is 0. The Morgan fingerprint density at radius 2 is 1.56 bits per heavy atom. The van der Waals surface area contributed by atoms with Crippen LogP contribution in [0.2, 0.25) is 0 Å². The summed E-state index contributed by atoms with van der Waals surface area (Å²) in [6.07, 6.45) is 2.12. The van der Waals surface area contributed by atoms with E-state index in [2.05, 4.69) is 10.9 Å². The van der Waals surface area contributed by atoms with Crippen molar-refractivity contribution in [1.82, 2.24) is 9.55 Å². The van der Waals surface area contributed by atoms with Gasteiger partial charge in [-0.05, 0) is 47.9 Å². The van der Waals surface area contributed by atoms with Gasteiger partial charge in [0.2, 0.25) is 0 Å². The summed E-state index contributed by atoms with van der Waals surface area (Å²) in [6.45, 7) is -0.457. The first-order chi connectivity index (χ1) is 23.2.